The molecule has 1 rings (SSSR count). The first-order valence-electron chi connectivity index (χ1n) is 2.91. The maximum Gasteiger partial charge on any atom is 0.294 e. The molecule has 0 spiro atoms. The van der Waals surface area contributed by atoms with E-state index in [9.17, 15) is 9.59 Å². The van der Waals surface area contributed by atoms with Crippen LogP contribution in [-0.2, 0) is 4.79 Å². The van der Waals surface area contributed by atoms with Crippen molar-refractivity contribution in [2.75, 3.05) is 0 Å². The van der Waals surface area contributed by atoms with Gasteiger partial charge in [-0.25, -0.2) is 0 Å². The Labute approximate surface area is 72.8 Å². The average molecular weight is 189 g/mol. The lowest BCUT2D eigenvalue weighted by Crippen LogP contribution is -2.06. The predicted molar refractivity (Wildman–Crippen MR) is 44.2 cm³/mol. The fourth-order valence-electron chi connectivity index (χ4n) is 0.695. The number of rotatable bonds is 2. The van der Waals surface area contributed by atoms with Gasteiger partial charge in [-0.2, -0.15) is 0 Å². The van der Waals surface area contributed by atoms with E-state index >= 15 is 0 Å². The Kier molecular flexibility index (Phi) is 2.42. The summed E-state index contributed by atoms with van der Waals surface area (Å²) in [6, 6.07) is 1.78. The Hall–Kier alpha value is -0.670. The van der Waals surface area contributed by atoms with Crippen LogP contribution in [0.25, 0.3) is 0 Å². The van der Waals surface area contributed by atoms with Crippen LogP contribution in [0.2, 0.25) is 0 Å². The van der Waals surface area contributed by atoms with Crippen LogP contribution in [0.15, 0.2) is 11.4 Å². The van der Waals surface area contributed by atoms with Crippen molar-refractivity contribution in [3.63, 3.8) is 0 Å². The van der Waals surface area contributed by atoms with Crippen LogP contribution in [0.1, 0.15) is 15.2 Å². The fourth-order valence-corrected chi connectivity index (χ4v) is 1.71. The van der Waals surface area contributed by atoms with Gasteiger partial charge in [0.05, 0.1) is 4.88 Å². The van der Waals surface area contributed by atoms with Gasteiger partial charge in [-0.1, -0.05) is 0 Å². The van der Waals surface area contributed by atoms with Crippen LogP contribution >= 0.6 is 22.9 Å². The molecule has 0 radical (unpaired) electrons. The second-order valence-corrected chi connectivity index (χ2v) is 3.29. The minimum Gasteiger partial charge on any atom is -0.283 e. The molecule has 0 N–H and O–H groups in total. The van der Waals surface area contributed by atoms with Crippen molar-refractivity contribution in [1.82, 2.24) is 0 Å². The van der Waals surface area contributed by atoms with E-state index in [2.05, 4.69) is 0 Å². The van der Waals surface area contributed by atoms with Gasteiger partial charge in [-0.05, 0) is 35.5 Å². The number of ketones is 1. The highest BCUT2D eigenvalue weighted by Gasteiger charge is 2.16. The summed E-state index contributed by atoms with van der Waals surface area (Å²) >= 11 is 6.24. The standard InChI is InChI=1S/C7H5ClO2S/c1-4-2-3-11-6(4)5(9)7(8)10/h2-3H,1H3. The molecule has 0 saturated carbocycles. The highest BCUT2D eigenvalue weighted by Crippen LogP contribution is 2.16. The largest absolute Gasteiger partial charge is 0.294 e. The van der Waals surface area contributed by atoms with Crippen LogP contribution < -0.4 is 0 Å². The molecule has 0 unspecified atom stereocenters. The highest BCUT2D eigenvalue weighted by molar-refractivity contribution is 7.14. The molecule has 11 heavy (non-hydrogen) atoms. The van der Waals surface area contributed by atoms with E-state index in [4.69, 9.17) is 11.6 Å². The summed E-state index contributed by atoms with van der Waals surface area (Å²) in [6.07, 6.45) is 0. The van der Waals surface area contributed by atoms with E-state index in [1.54, 1.807) is 18.4 Å². The Morgan fingerprint density at radius 1 is 1.55 bits per heavy atom. The Morgan fingerprint density at radius 2 is 2.18 bits per heavy atom. The second-order valence-electron chi connectivity index (χ2n) is 2.04. The number of carbonyl (C=O) groups is 2. The van der Waals surface area contributed by atoms with Gasteiger partial charge in [-0.3, -0.25) is 9.59 Å². The monoisotopic (exact) mass is 188 g/mol. The number of thiophene rings is 1. The summed E-state index contributed by atoms with van der Waals surface area (Å²) < 4.78 is 0. The molecule has 0 saturated heterocycles. The molecule has 0 aliphatic heterocycles. The van der Waals surface area contributed by atoms with Gasteiger partial charge in [0.1, 0.15) is 0 Å². The average Bonchev–Trinajstić information content (AvgIpc) is 2.33. The highest BCUT2D eigenvalue weighted by atomic mass is 35.5. The van der Waals surface area contributed by atoms with Crippen LogP contribution in [0, 0.1) is 6.92 Å². The molecule has 1 aromatic rings. The molecule has 0 atom stereocenters. The van der Waals surface area contributed by atoms with E-state index in [1.807, 2.05) is 0 Å². The Bertz CT molecular complexity index is 303. The van der Waals surface area contributed by atoms with Crippen molar-refractivity contribution in [3.05, 3.63) is 21.9 Å². The van der Waals surface area contributed by atoms with Crippen LogP contribution in [0.4, 0.5) is 0 Å². The first kappa shape index (κ1) is 8.43. The van der Waals surface area contributed by atoms with Gasteiger partial charge in [0.25, 0.3) is 11.0 Å². The van der Waals surface area contributed by atoms with Crippen molar-refractivity contribution in [2.24, 2.45) is 0 Å². The van der Waals surface area contributed by atoms with E-state index in [-0.39, 0.29) is 0 Å². The molecule has 0 aromatic carbocycles. The van der Waals surface area contributed by atoms with Gasteiger partial charge in [0, 0.05) is 0 Å². The van der Waals surface area contributed by atoms with Gasteiger partial charge in [-0.15, -0.1) is 11.3 Å². The molecular weight excluding hydrogens is 184 g/mol. The number of aryl methyl sites for hydroxylation is 1. The number of Topliss-reactive ketones (excluding diaryl/α,β-unsaturated/α-hetero) is 1. The fraction of sp³-hybridized carbons (Fsp3) is 0.143. The van der Waals surface area contributed by atoms with E-state index in [0.717, 1.165) is 5.56 Å². The Morgan fingerprint density at radius 3 is 2.55 bits per heavy atom. The predicted octanol–water partition coefficient (Wildman–Crippen LogP) is 2.00. The number of hydrogen-bond acceptors (Lipinski definition) is 3. The molecule has 0 bridgehead atoms. The number of carbonyl (C=O) groups excluding carboxylic acids is 2. The van der Waals surface area contributed by atoms with E-state index in [0.29, 0.717) is 4.88 Å². The quantitative estimate of drug-likeness (QED) is 0.404. The van der Waals surface area contributed by atoms with Crippen LogP contribution in [-0.4, -0.2) is 11.0 Å². The summed E-state index contributed by atoms with van der Waals surface area (Å²) in [5.74, 6) is -0.612. The van der Waals surface area contributed by atoms with Gasteiger partial charge < -0.3 is 0 Å². The molecule has 0 amide bonds. The lowest BCUT2D eigenvalue weighted by atomic mass is 10.2. The zero-order chi connectivity index (χ0) is 8.43. The summed E-state index contributed by atoms with van der Waals surface area (Å²) in [7, 11) is 0. The third-order valence-corrected chi connectivity index (χ3v) is 2.43. The topological polar surface area (TPSA) is 34.1 Å². The summed E-state index contributed by atoms with van der Waals surface area (Å²) in [6.45, 7) is 1.77. The van der Waals surface area contributed by atoms with Crippen molar-refractivity contribution in [2.45, 2.75) is 6.92 Å². The van der Waals surface area contributed by atoms with Crippen molar-refractivity contribution < 1.29 is 9.59 Å². The summed E-state index contributed by atoms with van der Waals surface area (Å²) in [4.78, 5) is 21.8. The minimum absolute atomic E-state index is 0.435. The lowest BCUT2D eigenvalue weighted by molar-refractivity contribution is -0.108. The molecule has 2 nitrogen and oxygen atoms in total. The molecule has 1 aromatic heterocycles. The third kappa shape index (κ3) is 1.67. The molecule has 58 valence electrons. The smallest absolute Gasteiger partial charge is 0.283 e. The lowest BCUT2D eigenvalue weighted by Gasteiger charge is -1.90. The van der Waals surface area contributed by atoms with Gasteiger partial charge in [0.2, 0.25) is 0 Å². The molecule has 0 fully saturated rings. The first-order chi connectivity index (χ1) is 5.13. The number of halogens is 1. The van der Waals surface area contributed by atoms with Gasteiger partial charge in [0.15, 0.2) is 0 Å². The van der Waals surface area contributed by atoms with Crippen molar-refractivity contribution >= 4 is 34.0 Å². The third-order valence-electron chi connectivity index (χ3n) is 1.25. The van der Waals surface area contributed by atoms with Gasteiger partial charge >= 0.3 is 0 Å². The molecule has 1 heterocycles. The number of hydrogen-bond donors (Lipinski definition) is 0. The van der Waals surface area contributed by atoms with Crippen LogP contribution in [0.5, 0.6) is 0 Å². The minimum atomic E-state index is -0.921. The van der Waals surface area contributed by atoms with Crippen molar-refractivity contribution in [3.8, 4) is 0 Å². The normalized spacial score (nSPS) is 9.64. The zero-order valence-electron chi connectivity index (χ0n) is 5.76. The maximum atomic E-state index is 11.0. The molecule has 4 heteroatoms. The summed E-state index contributed by atoms with van der Waals surface area (Å²) in [5.41, 5.74) is 0.800. The summed E-state index contributed by atoms with van der Waals surface area (Å²) in [5, 5.41) is 0.832. The first-order valence-corrected chi connectivity index (χ1v) is 4.17. The van der Waals surface area contributed by atoms with E-state index in [1.165, 1.54) is 11.3 Å². The Balaban J connectivity index is 3.02. The molecule has 0 aliphatic carbocycles. The molecular formula is C7H5ClO2S. The van der Waals surface area contributed by atoms with Crippen molar-refractivity contribution in [1.29, 1.82) is 0 Å². The van der Waals surface area contributed by atoms with E-state index < -0.39 is 11.0 Å². The molecule has 0 aliphatic rings. The maximum absolute atomic E-state index is 11.0. The zero-order valence-corrected chi connectivity index (χ0v) is 7.33. The SMILES string of the molecule is Cc1ccsc1C(=O)C(=O)Cl. The second kappa shape index (κ2) is 3.15. The van der Waals surface area contributed by atoms with Crippen LogP contribution in [0.3, 0.4) is 0 Å².